The first-order valence-electron chi connectivity index (χ1n) is 6.02. The molecular weight excluding hydrogens is 296 g/mol. The zero-order valence-corrected chi connectivity index (χ0v) is 12.4. The number of rotatable bonds is 6. The fraction of sp³-hybridized carbons (Fsp3) is 0.462. The van der Waals surface area contributed by atoms with E-state index in [4.69, 9.17) is 10.5 Å². The minimum Gasteiger partial charge on any atom is -0.398 e. The van der Waals surface area contributed by atoms with Crippen LogP contribution in [-0.4, -0.2) is 37.1 Å². The van der Waals surface area contributed by atoms with Crippen LogP contribution in [0.3, 0.4) is 0 Å². The molecule has 18 heavy (non-hydrogen) atoms. The van der Waals surface area contributed by atoms with Crippen LogP contribution in [0.25, 0.3) is 0 Å². The number of anilines is 1. The van der Waals surface area contributed by atoms with Gasteiger partial charge in [0.25, 0.3) is 5.91 Å². The minimum absolute atomic E-state index is 0.0535. The van der Waals surface area contributed by atoms with Crippen LogP contribution in [0.15, 0.2) is 22.7 Å². The largest absolute Gasteiger partial charge is 0.398 e. The van der Waals surface area contributed by atoms with Gasteiger partial charge in [0.15, 0.2) is 0 Å². The summed E-state index contributed by atoms with van der Waals surface area (Å²) in [6.07, 6.45) is 0. The van der Waals surface area contributed by atoms with Gasteiger partial charge in [-0.2, -0.15) is 0 Å². The summed E-state index contributed by atoms with van der Waals surface area (Å²) >= 11 is 3.33. The first-order chi connectivity index (χ1) is 8.60. The second kappa shape index (κ2) is 7.38. The quantitative estimate of drug-likeness (QED) is 0.648. The molecule has 0 fully saturated rings. The number of nitrogens with two attached hydrogens (primary N) is 1. The molecule has 0 saturated heterocycles. The molecule has 1 aromatic rings. The van der Waals surface area contributed by atoms with Crippen molar-refractivity contribution in [1.82, 2.24) is 4.90 Å². The number of amides is 1. The standard InChI is InChI=1S/C13H19BrN2O2/c1-3-16(7-8-18-4-2)13(17)11-6-5-10(14)9-12(11)15/h5-6,9H,3-4,7-8,15H2,1-2H3. The lowest BCUT2D eigenvalue weighted by Gasteiger charge is -2.21. The van der Waals surface area contributed by atoms with Crippen molar-refractivity contribution < 1.29 is 9.53 Å². The normalized spacial score (nSPS) is 10.4. The van der Waals surface area contributed by atoms with E-state index in [2.05, 4.69) is 15.9 Å². The van der Waals surface area contributed by atoms with E-state index in [1.54, 1.807) is 17.0 Å². The zero-order valence-electron chi connectivity index (χ0n) is 10.8. The Hall–Kier alpha value is -1.07. The molecule has 0 atom stereocenters. The van der Waals surface area contributed by atoms with Gasteiger partial charge >= 0.3 is 0 Å². The summed E-state index contributed by atoms with van der Waals surface area (Å²) in [4.78, 5) is 14.0. The van der Waals surface area contributed by atoms with Crippen LogP contribution in [0.1, 0.15) is 24.2 Å². The van der Waals surface area contributed by atoms with Crippen molar-refractivity contribution in [1.29, 1.82) is 0 Å². The molecular formula is C13H19BrN2O2. The van der Waals surface area contributed by atoms with Crippen molar-refractivity contribution in [3.8, 4) is 0 Å². The molecule has 5 heteroatoms. The Labute approximate surface area is 116 Å². The molecule has 0 unspecified atom stereocenters. The van der Waals surface area contributed by atoms with Crippen LogP contribution in [-0.2, 0) is 4.74 Å². The number of hydrogen-bond donors (Lipinski definition) is 1. The van der Waals surface area contributed by atoms with Crippen LogP contribution in [0.5, 0.6) is 0 Å². The Kier molecular flexibility index (Phi) is 6.15. The minimum atomic E-state index is -0.0535. The molecule has 0 bridgehead atoms. The summed E-state index contributed by atoms with van der Waals surface area (Å²) in [6.45, 7) is 6.31. The van der Waals surface area contributed by atoms with Crippen molar-refractivity contribution in [2.45, 2.75) is 13.8 Å². The van der Waals surface area contributed by atoms with E-state index in [-0.39, 0.29) is 5.91 Å². The molecule has 1 aromatic carbocycles. The molecule has 0 aromatic heterocycles. The Bertz CT molecular complexity index is 410. The molecule has 0 aliphatic heterocycles. The van der Waals surface area contributed by atoms with Crippen LogP contribution in [0.4, 0.5) is 5.69 Å². The Morgan fingerprint density at radius 3 is 2.72 bits per heavy atom. The van der Waals surface area contributed by atoms with Gasteiger partial charge in [0, 0.05) is 29.9 Å². The third-order valence-corrected chi connectivity index (χ3v) is 3.12. The molecule has 0 saturated carbocycles. The number of hydrogen-bond acceptors (Lipinski definition) is 3. The number of benzene rings is 1. The van der Waals surface area contributed by atoms with E-state index < -0.39 is 0 Å². The van der Waals surface area contributed by atoms with Gasteiger partial charge in [0.1, 0.15) is 0 Å². The maximum Gasteiger partial charge on any atom is 0.256 e. The highest BCUT2D eigenvalue weighted by Gasteiger charge is 2.16. The molecule has 4 nitrogen and oxygen atoms in total. The van der Waals surface area contributed by atoms with Crippen molar-refractivity contribution in [2.75, 3.05) is 32.0 Å². The number of halogens is 1. The third-order valence-electron chi connectivity index (χ3n) is 2.62. The second-order valence-corrected chi connectivity index (χ2v) is 4.73. The van der Waals surface area contributed by atoms with Gasteiger partial charge in [-0.25, -0.2) is 0 Å². The maximum atomic E-state index is 12.3. The van der Waals surface area contributed by atoms with Gasteiger partial charge in [-0.15, -0.1) is 0 Å². The summed E-state index contributed by atoms with van der Waals surface area (Å²) in [5.74, 6) is -0.0535. The lowest BCUT2D eigenvalue weighted by atomic mass is 10.1. The van der Waals surface area contributed by atoms with Gasteiger partial charge < -0.3 is 15.4 Å². The van der Waals surface area contributed by atoms with Gasteiger partial charge in [-0.1, -0.05) is 15.9 Å². The molecule has 1 amide bonds. The summed E-state index contributed by atoms with van der Waals surface area (Å²) in [5, 5.41) is 0. The number of ether oxygens (including phenoxy) is 1. The van der Waals surface area contributed by atoms with Crippen molar-refractivity contribution in [2.24, 2.45) is 0 Å². The van der Waals surface area contributed by atoms with E-state index in [1.807, 2.05) is 19.9 Å². The number of nitrogen functional groups attached to an aromatic ring is 1. The molecule has 1 rings (SSSR count). The SMILES string of the molecule is CCOCCN(CC)C(=O)c1ccc(Br)cc1N. The number of carbonyl (C=O) groups excluding carboxylic acids is 1. The Balaban J connectivity index is 2.76. The van der Waals surface area contributed by atoms with Gasteiger partial charge in [0.2, 0.25) is 0 Å². The van der Waals surface area contributed by atoms with Crippen LogP contribution < -0.4 is 5.73 Å². The van der Waals surface area contributed by atoms with Crippen molar-refractivity contribution in [3.05, 3.63) is 28.2 Å². The van der Waals surface area contributed by atoms with E-state index in [9.17, 15) is 4.79 Å². The molecule has 0 spiro atoms. The highest BCUT2D eigenvalue weighted by Crippen LogP contribution is 2.20. The lowest BCUT2D eigenvalue weighted by molar-refractivity contribution is 0.0670. The van der Waals surface area contributed by atoms with Gasteiger partial charge in [-0.05, 0) is 32.0 Å². The Morgan fingerprint density at radius 2 is 2.17 bits per heavy atom. The van der Waals surface area contributed by atoms with E-state index >= 15 is 0 Å². The highest BCUT2D eigenvalue weighted by molar-refractivity contribution is 9.10. The van der Waals surface area contributed by atoms with E-state index in [1.165, 1.54) is 0 Å². The molecule has 0 heterocycles. The monoisotopic (exact) mass is 314 g/mol. The number of carbonyl (C=O) groups is 1. The smallest absolute Gasteiger partial charge is 0.256 e. The molecule has 0 aliphatic rings. The predicted octanol–water partition coefficient (Wildman–Crippen LogP) is 2.53. The number of likely N-dealkylation sites (N-methyl/N-ethyl adjacent to an activating group) is 1. The highest BCUT2D eigenvalue weighted by atomic mass is 79.9. The van der Waals surface area contributed by atoms with E-state index in [0.717, 1.165) is 4.47 Å². The average Bonchev–Trinajstić information content (AvgIpc) is 2.34. The fourth-order valence-electron chi connectivity index (χ4n) is 1.62. The zero-order chi connectivity index (χ0) is 13.5. The van der Waals surface area contributed by atoms with Crippen LogP contribution >= 0.6 is 15.9 Å². The lowest BCUT2D eigenvalue weighted by Crippen LogP contribution is -2.34. The van der Waals surface area contributed by atoms with Gasteiger partial charge in [0.05, 0.1) is 12.2 Å². The molecule has 100 valence electrons. The topological polar surface area (TPSA) is 55.6 Å². The first kappa shape index (κ1) is 15.0. The van der Waals surface area contributed by atoms with Crippen LogP contribution in [0.2, 0.25) is 0 Å². The summed E-state index contributed by atoms with van der Waals surface area (Å²) in [6, 6.07) is 5.30. The molecule has 0 radical (unpaired) electrons. The van der Waals surface area contributed by atoms with Crippen molar-refractivity contribution in [3.63, 3.8) is 0 Å². The van der Waals surface area contributed by atoms with Crippen molar-refractivity contribution >= 4 is 27.5 Å². The third kappa shape index (κ3) is 3.99. The maximum absolute atomic E-state index is 12.3. The van der Waals surface area contributed by atoms with E-state index in [0.29, 0.717) is 37.6 Å². The Morgan fingerprint density at radius 1 is 1.44 bits per heavy atom. The average molecular weight is 315 g/mol. The summed E-state index contributed by atoms with van der Waals surface area (Å²) in [7, 11) is 0. The summed E-state index contributed by atoms with van der Waals surface area (Å²) < 4.78 is 6.14. The molecule has 0 aliphatic carbocycles. The van der Waals surface area contributed by atoms with Gasteiger partial charge in [-0.3, -0.25) is 4.79 Å². The predicted molar refractivity (Wildman–Crippen MR) is 76.6 cm³/mol. The fourth-order valence-corrected chi connectivity index (χ4v) is 2.00. The number of nitrogens with zero attached hydrogens (tertiary/aromatic N) is 1. The second-order valence-electron chi connectivity index (χ2n) is 3.81. The molecule has 2 N–H and O–H groups in total. The van der Waals surface area contributed by atoms with Crippen LogP contribution in [0, 0.1) is 0 Å². The summed E-state index contributed by atoms with van der Waals surface area (Å²) in [5.41, 5.74) is 6.89. The first-order valence-corrected chi connectivity index (χ1v) is 6.81.